The van der Waals surface area contributed by atoms with Crippen molar-refractivity contribution in [2.24, 2.45) is 0 Å². The van der Waals surface area contributed by atoms with Gasteiger partial charge in [0.25, 0.3) is 0 Å². The fourth-order valence-electron chi connectivity index (χ4n) is 1.05. The molecule has 0 bridgehead atoms. The quantitative estimate of drug-likeness (QED) is 0.834. The van der Waals surface area contributed by atoms with Gasteiger partial charge in [0.15, 0.2) is 0 Å². The largest absolute Gasteiger partial charge is 0.396 e. The van der Waals surface area contributed by atoms with Gasteiger partial charge in [0.05, 0.1) is 5.02 Å². The van der Waals surface area contributed by atoms with Gasteiger partial charge in [-0.25, -0.2) is 4.39 Å². The maximum absolute atomic E-state index is 13.3. The van der Waals surface area contributed by atoms with Gasteiger partial charge in [0, 0.05) is 16.6 Å². The van der Waals surface area contributed by atoms with E-state index in [-0.39, 0.29) is 11.6 Å². The predicted molar refractivity (Wildman–Crippen MR) is 54.5 cm³/mol. The first-order valence-electron chi connectivity index (χ1n) is 3.90. The van der Waals surface area contributed by atoms with Gasteiger partial charge >= 0.3 is 0 Å². The molecule has 0 saturated heterocycles. The molecule has 0 fully saturated rings. The van der Waals surface area contributed by atoms with Crippen molar-refractivity contribution in [3.8, 4) is 0 Å². The second-order valence-electron chi connectivity index (χ2n) is 2.65. The lowest BCUT2D eigenvalue weighted by molar-refractivity contribution is 0.288. The fraction of sp³-hybridized carbons (Fsp3) is 0.333. The molecule has 0 aliphatic carbocycles. The van der Waals surface area contributed by atoms with Crippen LogP contribution in [0.15, 0.2) is 16.6 Å². The molecule has 0 amide bonds. The number of aliphatic hydroxyl groups is 1. The Balaban J connectivity index is 2.96. The van der Waals surface area contributed by atoms with Crippen LogP contribution in [0.2, 0.25) is 5.02 Å². The molecule has 0 aliphatic heterocycles. The molecule has 0 unspecified atom stereocenters. The van der Waals surface area contributed by atoms with E-state index >= 15 is 0 Å². The van der Waals surface area contributed by atoms with Crippen LogP contribution < -0.4 is 0 Å². The first kappa shape index (κ1) is 11.0. The molecule has 0 atom stereocenters. The molecule has 0 aliphatic rings. The van der Waals surface area contributed by atoms with Gasteiger partial charge < -0.3 is 5.11 Å². The molecule has 0 radical (unpaired) electrons. The third kappa shape index (κ3) is 2.66. The summed E-state index contributed by atoms with van der Waals surface area (Å²) in [4.78, 5) is 0. The van der Waals surface area contributed by atoms with Gasteiger partial charge in [-0.05, 0) is 25.0 Å². The summed E-state index contributed by atoms with van der Waals surface area (Å²) in [6.07, 6.45) is 1.03. The van der Waals surface area contributed by atoms with Gasteiger partial charge in [-0.3, -0.25) is 0 Å². The number of hydrogen-bond donors (Lipinski definition) is 1. The number of hydrogen-bond acceptors (Lipinski definition) is 1. The van der Waals surface area contributed by atoms with Crippen LogP contribution in [0.1, 0.15) is 12.0 Å². The minimum absolute atomic E-state index is 0.0540. The summed E-state index contributed by atoms with van der Waals surface area (Å²) in [5.41, 5.74) is 0.529. The molecule has 0 spiro atoms. The first-order valence-corrected chi connectivity index (χ1v) is 5.07. The fourth-order valence-corrected chi connectivity index (χ4v) is 1.74. The summed E-state index contributed by atoms with van der Waals surface area (Å²) in [5.74, 6) is -0.399. The van der Waals surface area contributed by atoms with Crippen molar-refractivity contribution in [3.05, 3.63) is 33.0 Å². The SMILES string of the molecule is OCCCc1c(Br)ccc(Cl)c1F. The number of aliphatic hydroxyl groups excluding tert-OH is 1. The lowest BCUT2D eigenvalue weighted by atomic mass is 10.1. The Morgan fingerprint density at radius 3 is 2.77 bits per heavy atom. The van der Waals surface area contributed by atoms with Gasteiger partial charge in [0.2, 0.25) is 0 Å². The molecule has 1 nitrogen and oxygen atoms in total. The number of benzene rings is 1. The highest BCUT2D eigenvalue weighted by Gasteiger charge is 2.09. The summed E-state index contributed by atoms with van der Waals surface area (Å²) < 4.78 is 14.0. The van der Waals surface area contributed by atoms with Crippen LogP contribution in [-0.2, 0) is 6.42 Å². The van der Waals surface area contributed by atoms with Crippen LogP contribution in [-0.4, -0.2) is 11.7 Å². The van der Waals surface area contributed by atoms with Crippen molar-refractivity contribution in [3.63, 3.8) is 0 Å². The predicted octanol–water partition coefficient (Wildman–Crippen LogP) is 3.17. The van der Waals surface area contributed by atoms with Gasteiger partial charge in [-0.2, -0.15) is 0 Å². The number of halogens is 3. The molecule has 0 heterocycles. The van der Waals surface area contributed by atoms with E-state index in [1.807, 2.05) is 0 Å². The van der Waals surface area contributed by atoms with E-state index in [1.54, 1.807) is 6.07 Å². The van der Waals surface area contributed by atoms with E-state index in [9.17, 15) is 4.39 Å². The minimum Gasteiger partial charge on any atom is -0.396 e. The van der Waals surface area contributed by atoms with E-state index in [0.29, 0.717) is 22.9 Å². The summed E-state index contributed by atoms with van der Waals surface area (Å²) >= 11 is 8.84. The Morgan fingerprint density at radius 1 is 1.46 bits per heavy atom. The Morgan fingerprint density at radius 2 is 2.15 bits per heavy atom. The van der Waals surface area contributed by atoms with Crippen molar-refractivity contribution in [2.45, 2.75) is 12.8 Å². The third-order valence-corrected chi connectivity index (χ3v) is 2.76. The Labute approximate surface area is 89.7 Å². The Kier molecular flexibility index (Phi) is 4.16. The minimum atomic E-state index is -0.399. The molecule has 13 heavy (non-hydrogen) atoms. The molecule has 72 valence electrons. The normalized spacial score (nSPS) is 10.5. The topological polar surface area (TPSA) is 20.2 Å². The van der Waals surface area contributed by atoms with Crippen molar-refractivity contribution in [1.29, 1.82) is 0 Å². The monoisotopic (exact) mass is 266 g/mol. The summed E-state index contributed by atoms with van der Waals surface area (Å²) in [7, 11) is 0. The average molecular weight is 268 g/mol. The van der Waals surface area contributed by atoms with Crippen LogP contribution in [0, 0.1) is 5.82 Å². The molecule has 0 saturated carbocycles. The van der Waals surface area contributed by atoms with Crippen LogP contribution in [0.4, 0.5) is 4.39 Å². The van der Waals surface area contributed by atoms with Crippen LogP contribution >= 0.6 is 27.5 Å². The highest BCUT2D eigenvalue weighted by Crippen LogP contribution is 2.26. The highest BCUT2D eigenvalue weighted by molar-refractivity contribution is 9.10. The van der Waals surface area contributed by atoms with E-state index in [0.717, 1.165) is 0 Å². The zero-order valence-corrected chi connectivity index (χ0v) is 9.20. The molecule has 1 aromatic rings. The van der Waals surface area contributed by atoms with Crippen molar-refractivity contribution >= 4 is 27.5 Å². The van der Waals surface area contributed by atoms with Gasteiger partial charge in [0.1, 0.15) is 5.82 Å². The van der Waals surface area contributed by atoms with E-state index < -0.39 is 5.82 Å². The lowest BCUT2D eigenvalue weighted by Crippen LogP contribution is -1.95. The molecule has 1 rings (SSSR count). The van der Waals surface area contributed by atoms with Crippen LogP contribution in [0.5, 0.6) is 0 Å². The molecule has 4 heteroatoms. The van der Waals surface area contributed by atoms with Crippen molar-refractivity contribution in [1.82, 2.24) is 0 Å². The van der Waals surface area contributed by atoms with Crippen molar-refractivity contribution < 1.29 is 9.50 Å². The maximum Gasteiger partial charge on any atom is 0.146 e. The highest BCUT2D eigenvalue weighted by atomic mass is 79.9. The first-order chi connectivity index (χ1) is 6.16. The molecule has 0 aromatic heterocycles. The zero-order chi connectivity index (χ0) is 9.84. The summed E-state index contributed by atoms with van der Waals surface area (Å²) in [6.45, 7) is 0.0540. The second-order valence-corrected chi connectivity index (χ2v) is 3.91. The zero-order valence-electron chi connectivity index (χ0n) is 6.86. The Bertz CT molecular complexity index is 304. The smallest absolute Gasteiger partial charge is 0.146 e. The molecular weight excluding hydrogens is 258 g/mol. The van der Waals surface area contributed by atoms with Crippen molar-refractivity contribution in [2.75, 3.05) is 6.61 Å². The van der Waals surface area contributed by atoms with E-state index in [2.05, 4.69) is 15.9 Å². The van der Waals surface area contributed by atoms with Crippen LogP contribution in [0.3, 0.4) is 0 Å². The summed E-state index contributed by atoms with van der Waals surface area (Å²) in [6, 6.07) is 3.21. The van der Waals surface area contributed by atoms with Gasteiger partial charge in [-0.15, -0.1) is 0 Å². The third-order valence-electron chi connectivity index (χ3n) is 1.72. The average Bonchev–Trinajstić information content (AvgIpc) is 2.12. The van der Waals surface area contributed by atoms with Crippen LogP contribution in [0.25, 0.3) is 0 Å². The molecular formula is C9H9BrClFO. The van der Waals surface area contributed by atoms with E-state index in [1.165, 1.54) is 6.07 Å². The second kappa shape index (κ2) is 4.94. The van der Waals surface area contributed by atoms with E-state index in [4.69, 9.17) is 16.7 Å². The number of rotatable bonds is 3. The van der Waals surface area contributed by atoms with Gasteiger partial charge in [-0.1, -0.05) is 27.5 Å². The standard InChI is InChI=1S/C9H9BrClFO/c10-7-3-4-8(11)9(12)6(7)2-1-5-13/h3-4,13H,1-2,5H2. The molecule has 1 N–H and O–H groups in total. The molecule has 1 aromatic carbocycles. The Hall–Kier alpha value is -0.120. The maximum atomic E-state index is 13.3. The summed E-state index contributed by atoms with van der Waals surface area (Å²) in [5, 5.41) is 8.73. The lowest BCUT2D eigenvalue weighted by Gasteiger charge is -2.05.